The molecule has 0 aliphatic rings. The average molecular weight is 229 g/mol. The minimum absolute atomic E-state index is 0.257. The van der Waals surface area contributed by atoms with Crippen LogP contribution < -0.4 is 11.3 Å². The van der Waals surface area contributed by atoms with Crippen molar-refractivity contribution in [3.05, 3.63) is 33.8 Å². The van der Waals surface area contributed by atoms with Gasteiger partial charge in [-0.05, 0) is 17.7 Å². The van der Waals surface area contributed by atoms with Crippen LogP contribution >= 0.6 is 23.2 Å². The van der Waals surface area contributed by atoms with Crippen LogP contribution in [0.3, 0.4) is 0 Å². The Balaban J connectivity index is 2.91. The van der Waals surface area contributed by atoms with Crippen LogP contribution in [-0.4, -0.2) is 6.04 Å². The smallest absolute Gasteiger partial charge is 0.0856 e. The van der Waals surface area contributed by atoms with Crippen LogP contribution in [0.25, 0.3) is 0 Å². The Morgan fingerprint density at radius 2 is 2.00 bits per heavy atom. The zero-order valence-corrected chi connectivity index (χ0v) is 8.94. The van der Waals surface area contributed by atoms with Gasteiger partial charge in [-0.2, -0.15) is 0 Å². The second-order valence-electron chi connectivity index (χ2n) is 2.79. The molecule has 0 bridgehead atoms. The summed E-state index contributed by atoms with van der Waals surface area (Å²) in [5.41, 5.74) is 3.32. The quantitative estimate of drug-likeness (QED) is 0.472. The molecule has 0 aromatic heterocycles. The highest BCUT2D eigenvalue weighted by Crippen LogP contribution is 2.25. The summed E-state index contributed by atoms with van der Waals surface area (Å²) in [6.45, 7) is 0. The Bertz CT molecular complexity index is 337. The molecule has 14 heavy (non-hydrogen) atoms. The predicted molar refractivity (Wildman–Crippen MR) is 60.1 cm³/mol. The van der Waals surface area contributed by atoms with E-state index in [9.17, 15) is 0 Å². The van der Waals surface area contributed by atoms with Crippen LogP contribution in [0, 0.1) is 12.3 Å². The van der Waals surface area contributed by atoms with Crippen molar-refractivity contribution in [1.82, 2.24) is 5.43 Å². The molecule has 1 aromatic rings. The third-order valence-corrected chi connectivity index (χ3v) is 2.58. The van der Waals surface area contributed by atoms with Gasteiger partial charge in [0.15, 0.2) is 0 Å². The van der Waals surface area contributed by atoms with Crippen LogP contribution in [0.15, 0.2) is 18.2 Å². The molecule has 0 radical (unpaired) electrons. The van der Waals surface area contributed by atoms with Gasteiger partial charge >= 0.3 is 0 Å². The molecule has 74 valence electrons. The van der Waals surface area contributed by atoms with Crippen LogP contribution in [0.2, 0.25) is 10.0 Å². The molecule has 1 rings (SSSR count). The van der Waals surface area contributed by atoms with Crippen LogP contribution in [0.5, 0.6) is 0 Å². The Labute approximate surface area is 93.4 Å². The number of hydrazine groups is 1. The first-order valence-corrected chi connectivity index (χ1v) is 4.79. The molecule has 4 heteroatoms. The summed E-state index contributed by atoms with van der Waals surface area (Å²) in [4.78, 5) is 0. The Hall–Kier alpha value is -0.720. The SMILES string of the molecule is C#CC(Cc1c(Cl)cccc1Cl)NN. The molecule has 0 fully saturated rings. The molecule has 3 N–H and O–H groups in total. The van der Waals surface area contributed by atoms with E-state index in [1.165, 1.54) is 0 Å². The van der Waals surface area contributed by atoms with Gasteiger partial charge in [-0.1, -0.05) is 35.2 Å². The minimum atomic E-state index is -0.257. The van der Waals surface area contributed by atoms with Crippen molar-refractivity contribution in [3.63, 3.8) is 0 Å². The van der Waals surface area contributed by atoms with Crippen molar-refractivity contribution in [3.8, 4) is 12.3 Å². The highest BCUT2D eigenvalue weighted by molar-refractivity contribution is 6.36. The number of nitrogens with two attached hydrogens (primary N) is 1. The monoisotopic (exact) mass is 228 g/mol. The normalized spacial score (nSPS) is 12.1. The number of hydrogen-bond donors (Lipinski definition) is 2. The van der Waals surface area contributed by atoms with Crippen molar-refractivity contribution in [2.24, 2.45) is 5.84 Å². The summed E-state index contributed by atoms with van der Waals surface area (Å²) in [6.07, 6.45) is 5.77. The van der Waals surface area contributed by atoms with E-state index in [0.717, 1.165) is 5.56 Å². The fourth-order valence-corrected chi connectivity index (χ4v) is 1.65. The molecular weight excluding hydrogens is 219 g/mol. The van der Waals surface area contributed by atoms with E-state index in [1.54, 1.807) is 18.2 Å². The van der Waals surface area contributed by atoms with E-state index in [-0.39, 0.29) is 6.04 Å². The lowest BCUT2D eigenvalue weighted by Crippen LogP contribution is -2.35. The Kier molecular flexibility index (Phi) is 4.24. The lowest BCUT2D eigenvalue weighted by Gasteiger charge is -2.11. The third-order valence-electron chi connectivity index (χ3n) is 1.87. The van der Waals surface area contributed by atoms with Gasteiger partial charge in [-0.3, -0.25) is 5.84 Å². The van der Waals surface area contributed by atoms with Crippen molar-refractivity contribution >= 4 is 23.2 Å². The number of terminal acetylenes is 1. The first kappa shape index (κ1) is 11.4. The summed E-state index contributed by atoms with van der Waals surface area (Å²) >= 11 is 11.9. The number of rotatable bonds is 3. The summed E-state index contributed by atoms with van der Waals surface area (Å²) in [5, 5.41) is 1.21. The van der Waals surface area contributed by atoms with Gasteiger partial charge in [0, 0.05) is 16.5 Å². The standard InChI is InChI=1S/C10H10Cl2N2/c1-2-7(14-13)6-8-9(11)4-3-5-10(8)12/h1,3-5,7,14H,6,13H2. The van der Waals surface area contributed by atoms with Gasteiger partial charge in [0.2, 0.25) is 0 Å². The average Bonchev–Trinajstić information content (AvgIpc) is 2.18. The fraction of sp³-hybridized carbons (Fsp3) is 0.200. The summed E-state index contributed by atoms with van der Waals surface area (Å²) in [5.74, 6) is 7.75. The molecular formula is C10H10Cl2N2. The summed E-state index contributed by atoms with van der Waals surface area (Å²) in [7, 11) is 0. The van der Waals surface area contributed by atoms with E-state index in [1.807, 2.05) is 0 Å². The molecule has 1 aromatic carbocycles. The van der Waals surface area contributed by atoms with Crippen molar-refractivity contribution in [2.75, 3.05) is 0 Å². The van der Waals surface area contributed by atoms with E-state index >= 15 is 0 Å². The third kappa shape index (κ3) is 2.63. The van der Waals surface area contributed by atoms with Crippen molar-refractivity contribution in [1.29, 1.82) is 0 Å². The van der Waals surface area contributed by atoms with Gasteiger partial charge < -0.3 is 0 Å². The second kappa shape index (κ2) is 5.23. The van der Waals surface area contributed by atoms with Crippen molar-refractivity contribution < 1.29 is 0 Å². The summed E-state index contributed by atoms with van der Waals surface area (Å²) in [6, 6.07) is 5.07. The molecule has 0 aliphatic carbocycles. The molecule has 2 nitrogen and oxygen atoms in total. The Morgan fingerprint density at radius 3 is 2.43 bits per heavy atom. The maximum absolute atomic E-state index is 5.97. The molecule has 0 heterocycles. The van der Waals surface area contributed by atoms with Gasteiger partial charge in [-0.15, -0.1) is 6.42 Å². The molecule has 0 spiro atoms. The number of nitrogens with one attached hydrogen (secondary N) is 1. The maximum Gasteiger partial charge on any atom is 0.0856 e. The fourth-order valence-electron chi connectivity index (χ4n) is 1.10. The largest absolute Gasteiger partial charge is 0.270 e. The molecule has 0 saturated carbocycles. The van der Waals surface area contributed by atoms with Crippen LogP contribution in [-0.2, 0) is 6.42 Å². The predicted octanol–water partition coefficient (Wildman–Crippen LogP) is 2.00. The molecule has 1 unspecified atom stereocenters. The van der Waals surface area contributed by atoms with E-state index < -0.39 is 0 Å². The molecule has 0 aliphatic heterocycles. The van der Waals surface area contributed by atoms with Gasteiger partial charge in [-0.25, -0.2) is 5.43 Å². The van der Waals surface area contributed by atoms with Crippen LogP contribution in [0.1, 0.15) is 5.56 Å². The number of halogens is 2. The van der Waals surface area contributed by atoms with Gasteiger partial charge in [0.1, 0.15) is 0 Å². The highest BCUT2D eigenvalue weighted by atomic mass is 35.5. The second-order valence-corrected chi connectivity index (χ2v) is 3.60. The zero-order chi connectivity index (χ0) is 10.6. The van der Waals surface area contributed by atoms with E-state index in [0.29, 0.717) is 16.5 Å². The van der Waals surface area contributed by atoms with E-state index in [2.05, 4.69) is 11.3 Å². The number of hydrogen-bond acceptors (Lipinski definition) is 2. The van der Waals surface area contributed by atoms with Gasteiger partial charge in [0.25, 0.3) is 0 Å². The summed E-state index contributed by atoms with van der Waals surface area (Å²) < 4.78 is 0. The zero-order valence-electron chi connectivity index (χ0n) is 7.43. The maximum atomic E-state index is 5.97. The topological polar surface area (TPSA) is 38.0 Å². The lowest BCUT2D eigenvalue weighted by molar-refractivity contribution is 0.634. The number of benzene rings is 1. The van der Waals surface area contributed by atoms with Gasteiger partial charge in [0.05, 0.1) is 6.04 Å². The molecule has 0 amide bonds. The first-order valence-electron chi connectivity index (χ1n) is 4.04. The molecule has 0 saturated heterocycles. The molecule has 1 atom stereocenters. The minimum Gasteiger partial charge on any atom is -0.270 e. The first-order chi connectivity index (χ1) is 6.69. The van der Waals surface area contributed by atoms with Crippen molar-refractivity contribution in [2.45, 2.75) is 12.5 Å². The van der Waals surface area contributed by atoms with E-state index in [4.69, 9.17) is 35.5 Å². The Morgan fingerprint density at radius 1 is 1.43 bits per heavy atom. The van der Waals surface area contributed by atoms with Crippen LogP contribution in [0.4, 0.5) is 0 Å². The lowest BCUT2D eigenvalue weighted by atomic mass is 10.1. The highest BCUT2D eigenvalue weighted by Gasteiger charge is 2.10.